The van der Waals surface area contributed by atoms with Crippen LogP contribution < -0.4 is 11.0 Å². The SMILES string of the molecule is Cc1cc(C)c2c(c1C)C1=Nc3c4c(C)c(C)cc(C)c4c4n3[C@]35n6c(c7c(C)ccc(C)c7c6=NC6=[N+]3C(=N4)c3c(C)cc(C)c(C)c36)=NC2=[N+]15. The van der Waals surface area contributed by atoms with Crippen molar-refractivity contribution in [3.05, 3.63) is 125 Å². The highest BCUT2D eigenvalue weighted by Gasteiger charge is 2.70. The van der Waals surface area contributed by atoms with E-state index in [0.717, 1.165) is 73.2 Å². The zero-order valence-corrected chi connectivity index (χ0v) is 31.5. The van der Waals surface area contributed by atoms with Crippen molar-refractivity contribution in [3.8, 4) is 0 Å². The molecule has 6 aliphatic rings. The van der Waals surface area contributed by atoms with Gasteiger partial charge in [0, 0.05) is 0 Å². The van der Waals surface area contributed by atoms with E-state index in [1.807, 2.05) is 0 Å². The molecule has 6 aromatic rings. The number of benzene rings is 4. The third-order valence-electron chi connectivity index (χ3n) is 13.3. The smallest absolute Gasteiger partial charge is 0.192 e. The van der Waals surface area contributed by atoms with Gasteiger partial charge in [0.15, 0.2) is 0 Å². The lowest BCUT2D eigenvalue weighted by Gasteiger charge is -2.40. The summed E-state index contributed by atoms with van der Waals surface area (Å²) in [5.74, 6) is 4.66. The molecule has 252 valence electrons. The molecule has 12 rings (SSSR count). The maximum Gasteiger partial charge on any atom is 0.404 e. The summed E-state index contributed by atoms with van der Waals surface area (Å²) >= 11 is 0. The summed E-state index contributed by atoms with van der Waals surface area (Å²) in [6.07, 6.45) is 0. The summed E-state index contributed by atoms with van der Waals surface area (Å²) in [5, 5.41) is 4.65. The molecule has 8 heterocycles. The Morgan fingerprint density at radius 1 is 0.423 bits per heavy atom. The summed E-state index contributed by atoms with van der Waals surface area (Å²) in [4.78, 5) is 23.1. The molecule has 8 heteroatoms. The summed E-state index contributed by atoms with van der Waals surface area (Å²) < 4.78 is 9.81. The highest BCUT2D eigenvalue weighted by atomic mass is 15.7. The molecule has 0 unspecified atom stereocenters. The zero-order chi connectivity index (χ0) is 35.8. The fraction of sp³-hybridized carbons (Fsp3) is 0.273. The van der Waals surface area contributed by atoms with Crippen molar-refractivity contribution < 1.29 is 9.15 Å². The Morgan fingerprint density at radius 3 is 1.52 bits per heavy atom. The maximum absolute atomic E-state index is 5.79. The highest BCUT2D eigenvalue weighted by Crippen LogP contribution is 2.55. The molecular formula is C44H38N8+2. The first-order valence-corrected chi connectivity index (χ1v) is 18.4. The first-order valence-electron chi connectivity index (χ1n) is 18.4. The summed E-state index contributed by atoms with van der Waals surface area (Å²) in [5.41, 5.74) is 20.1. The van der Waals surface area contributed by atoms with E-state index in [-0.39, 0.29) is 0 Å². The first kappa shape index (κ1) is 28.9. The van der Waals surface area contributed by atoms with Crippen LogP contribution in [-0.4, -0.2) is 41.6 Å². The summed E-state index contributed by atoms with van der Waals surface area (Å²) in [6, 6.07) is 11.4. The Bertz CT molecular complexity index is 3220. The predicted octanol–water partition coefficient (Wildman–Crippen LogP) is 7.10. The van der Waals surface area contributed by atoms with Crippen LogP contribution in [0.1, 0.15) is 83.5 Å². The Labute approximate surface area is 300 Å². The van der Waals surface area contributed by atoms with Crippen LogP contribution in [0.2, 0.25) is 0 Å². The molecule has 0 N–H and O–H groups in total. The van der Waals surface area contributed by atoms with Crippen molar-refractivity contribution in [3.63, 3.8) is 0 Å². The van der Waals surface area contributed by atoms with Crippen molar-refractivity contribution in [1.82, 2.24) is 9.13 Å². The van der Waals surface area contributed by atoms with Crippen molar-refractivity contribution in [2.24, 2.45) is 20.0 Å². The second-order valence-corrected chi connectivity index (χ2v) is 16.1. The summed E-state index contributed by atoms with van der Waals surface area (Å²) in [6.45, 7) is 24.6. The van der Waals surface area contributed by atoms with Crippen molar-refractivity contribution in [2.75, 3.05) is 0 Å². The third-order valence-corrected chi connectivity index (χ3v) is 13.3. The molecule has 4 aromatic carbocycles. The highest BCUT2D eigenvalue weighted by molar-refractivity contribution is 6.22. The van der Waals surface area contributed by atoms with E-state index in [1.165, 1.54) is 77.7 Å². The standard InChI is InChI=1S/C44H38N8/c1-17-12-13-18(2)29-28(17)36-45-38-31-23(7)15-20(4)26(10)34(31)42-48-43-35-27(11)21(5)16-24(8)32(35)40-46-39-30-22(6)14-19(3)25(9)33(30)41-47-37(29)49(36)44(50(39)41,51(38)42)52(40)43/h12-16H,1-11H3/q+2/t44-/m1/s1. The lowest BCUT2D eigenvalue weighted by atomic mass is 9.93. The molecule has 0 fully saturated rings. The molecule has 0 saturated heterocycles. The largest absolute Gasteiger partial charge is 0.404 e. The maximum atomic E-state index is 5.79. The van der Waals surface area contributed by atoms with Crippen LogP contribution in [0.15, 0.2) is 50.3 Å². The van der Waals surface area contributed by atoms with E-state index < -0.39 is 5.91 Å². The van der Waals surface area contributed by atoms with Gasteiger partial charge in [0.25, 0.3) is 23.3 Å². The molecule has 0 aliphatic carbocycles. The van der Waals surface area contributed by atoms with Crippen LogP contribution in [0.3, 0.4) is 0 Å². The number of fused-ring (bicyclic) bond motifs is 12. The minimum absolute atomic E-state index is 0.938. The van der Waals surface area contributed by atoms with Gasteiger partial charge in [-0.25, -0.2) is 0 Å². The van der Waals surface area contributed by atoms with Crippen LogP contribution in [0, 0.1) is 76.2 Å². The van der Waals surface area contributed by atoms with Gasteiger partial charge in [-0.3, -0.25) is 0 Å². The van der Waals surface area contributed by atoms with E-state index >= 15 is 0 Å². The minimum atomic E-state index is -1.00. The van der Waals surface area contributed by atoms with Gasteiger partial charge in [-0.15, -0.1) is 9.15 Å². The monoisotopic (exact) mass is 678 g/mol. The molecule has 1 atom stereocenters. The fourth-order valence-electron chi connectivity index (χ4n) is 10.6. The topological polar surface area (TPSA) is 65.3 Å². The van der Waals surface area contributed by atoms with Crippen LogP contribution in [0.4, 0.5) is 11.6 Å². The normalized spacial score (nSPS) is 19.1. The van der Waals surface area contributed by atoms with Gasteiger partial charge in [0.05, 0.1) is 43.8 Å². The van der Waals surface area contributed by atoms with Crippen LogP contribution in [0.5, 0.6) is 0 Å². The number of aromatic nitrogens is 2. The van der Waals surface area contributed by atoms with Gasteiger partial charge in [-0.1, -0.05) is 50.3 Å². The van der Waals surface area contributed by atoms with Gasteiger partial charge in [0.2, 0.25) is 22.6 Å². The number of hydrogen-bond acceptors (Lipinski definition) is 4. The van der Waals surface area contributed by atoms with Crippen molar-refractivity contribution >= 4 is 56.5 Å². The first-order chi connectivity index (χ1) is 24.9. The number of aliphatic imine (C=N–C) groups is 2. The lowest BCUT2D eigenvalue weighted by Crippen LogP contribution is -2.71. The lowest BCUT2D eigenvalue weighted by molar-refractivity contribution is -0.790. The number of hydrogen-bond donors (Lipinski definition) is 0. The zero-order valence-electron chi connectivity index (χ0n) is 31.5. The van der Waals surface area contributed by atoms with Gasteiger partial charge < -0.3 is 0 Å². The third kappa shape index (κ3) is 2.69. The Morgan fingerprint density at radius 2 is 0.904 bits per heavy atom. The van der Waals surface area contributed by atoms with Gasteiger partial charge in [-0.05, 0) is 137 Å². The molecule has 0 bridgehead atoms. The summed E-state index contributed by atoms with van der Waals surface area (Å²) in [7, 11) is 0. The molecule has 0 radical (unpaired) electrons. The second-order valence-electron chi connectivity index (χ2n) is 16.1. The molecular weight excluding hydrogens is 641 g/mol. The minimum Gasteiger partial charge on any atom is -0.192 e. The average Bonchev–Trinajstić information content (AvgIpc) is 3.83. The van der Waals surface area contributed by atoms with E-state index in [0.29, 0.717) is 0 Å². The molecule has 0 amide bonds. The molecule has 6 aliphatic heterocycles. The molecule has 1 spiro atoms. The van der Waals surface area contributed by atoms with Gasteiger partial charge >= 0.3 is 5.91 Å². The van der Waals surface area contributed by atoms with E-state index in [2.05, 4.69) is 125 Å². The Balaban J connectivity index is 1.46. The number of amidine groups is 4. The predicted molar refractivity (Wildman–Crippen MR) is 206 cm³/mol. The number of rotatable bonds is 0. The van der Waals surface area contributed by atoms with Crippen LogP contribution in [0.25, 0.3) is 21.5 Å². The van der Waals surface area contributed by atoms with Crippen LogP contribution >= 0.6 is 0 Å². The Hall–Kier alpha value is -5.76. The van der Waals surface area contributed by atoms with Crippen molar-refractivity contribution in [2.45, 2.75) is 82.1 Å². The number of nitrogens with zero attached hydrogens (tertiary/aromatic N) is 8. The van der Waals surface area contributed by atoms with Crippen molar-refractivity contribution in [1.29, 1.82) is 0 Å². The molecule has 52 heavy (non-hydrogen) atoms. The molecule has 0 saturated carbocycles. The molecule has 8 nitrogen and oxygen atoms in total. The average molecular weight is 679 g/mol. The van der Waals surface area contributed by atoms with E-state index in [4.69, 9.17) is 20.0 Å². The van der Waals surface area contributed by atoms with Gasteiger partial charge in [0.1, 0.15) is 0 Å². The Kier molecular flexibility index (Phi) is 4.71. The van der Waals surface area contributed by atoms with E-state index in [1.54, 1.807) is 0 Å². The molecule has 2 aromatic heterocycles. The second kappa shape index (κ2) is 8.47. The fourth-order valence-corrected chi connectivity index (χ4v) is 10.6. The van der Waals surface area contributed by atoms with Gasteiger partial charge in [-0.2, -0.15) is 9.13 Å². The van der Waals surface area contributed by atoms with Crippen LogP contribution in [-0.2, 0) is 5.91 Å². The van der Waals surface area contributed by atoms with E-state index in [9.17, 15) is 0 Å². The number of aryl methyl sites for hydroxylation is 9. The quantitative estimate of drug-likeness (QED) is 0.154.